The van der Waals surface area contributed by atoms with Crippen molar-refractivity contribution in [3.63, 3.8) is 0 Å². The number of hydrogen-bond acceptors (Lipinski definition) is 7. The minimum Gasteiger partial charge on any atom is -0.397 e. The molecule has 170 valence electrons. The lowest BCUT2D eigenvalue weighted by Crippen LogP contribution is -2.36. The van der Waals surface area contributed by atoms with Gasteiger partial charge in [0.1, 0.15) is 0 Å². The Hall–Kier alpha value is -3.65. The maximum absolute atomic E-state index is 12.2. The highest BCUT2D eigenvalue weighted by Gasteiger charge is 2.39. The molecule has 2 aliphatic rings. The van der Waals surface area contributed by atoms with Gasteiger partial charge in [-0.1, -0.05) is 13.0 Å². The van der Waals surface area contributed by atoms with Crippen molar-refractivity contribution >= 4 is 34.6 Å². The SMILES string of the molecule is CC1CC1C(=O)Nc1ccc(-c2ccnc(Nc3ccc(N4CCOCC4)cc3)n2)cc1N. The van der Waals surface area contributed by atoms with Crippen LogP contribution in [-0.2, 0) is 9.53 Å². The summed E-state index contributed by atoms with van der Waals surface area (Å²) in [6, 6.07) is 15.6. The van der Waals surface area contributed by atoms with Crippen molar-refractivity contribution in [3.8, 4) is 11.3 Å². The Morgan fingerprint density at radius 2 is 1.88 bits per heavy atom. The Labute approximate surface area is 193 Å². The van der Waals surface area contributed by atoms with Crippen LogP contribution >= 0.6 is 0 Å². The highest BCUT2D eigenvalue weighted by atomic mass is 16.5. The maximum Gasteiger partial charge on any atom is 0.227 e. The van der Waals surface area contributed by atoms with Crippen molar-refractivity contribution in [1.82, 2.24) is 9.97 Å². The number of amides is 1. The summed E-state index contributed by atoms with van der Waals surface area (Å²) in [5.74, 6) is 1.09. The zero-order valence-corrected chi connectivity index (χ0v) is 18.6. The summed E-state index contributed by atoms with van der Waals surface area (Å²) in [4.78, 5) is 23.5. The molecule has 1 aliphatic heterocycles. The summed E-state index contributed by atoms with van der Waals surface area (Å²) in [7, 11) is 0. The standard InChI is InChI=1S/C25H28N6O2/c1-16-14-20(16)24(32)29-23-7-2-17(15-21(23)26)22-8-9-27-25(30-22)28-18-3-5-19(6-4-18)31-10-12-33-13-11-31/h2-9,15-16,20H,10-14,26H2,1H3,(H,29,32)(H,27,28,30). The minimum absolute atomic E-state index is 0.0371. The second kappa shape index (κ2) is 9.07. The monoisotopic (exact) mass is 444 g/mol. The van der Waals surface area contributed by atoms with E-state index in [1.165, 1.54) is 5.69 Å². The van der Waals surface area contributed by atoms with E-state index < -0.39 is 0 Å². The second-order valence-corrected chi connectivity index (χ2v) is 8.65. The lowest BCUT2D eigenvalue weighted by molar-refractivity contribution is -0.117. The number of carbonyl (C=O) groups is 1. The number of benzene rings is 2. The van der Waals surface area contributed by atoms with Crippen LogP contribution in [0.2, 0.25) is 0 Å². The molecular weight excluding hydrogens is 416 g/mol. The lowest BCUT2D eigenvalue weighted by atomic mass is 10.1. The molecule has 2 heterocycles. The topological polar surface area (TPSA) is 105 Å². The fourth-order valence-electron chi connectivity index (χ4n) is 4.03. The molecule has 0 radical (unpaired) electrons. The minimum atomic E-state index is 0.0371. The fraction of sp³-hybridized carbons (Fsp3) is 0.320. The van der Waals surface area contributed by atoms with Gasteiger partial charge >= 0.3 is 0 Å². The van der Waals surface area contributed by atoms with Gasteiger partial charge in [-0.25, -0.2) is 9.97 Å². The number of carbonyl (C=O) groups excluding carboxylic acids is 1. The molecule has 0 bridgehead atoms. The molecule has 5 rings (SSSR count). The number of morpholine rings is 1. The average molecular weight is 445 g/mol. The average Bonchev–Trinajstić information content (AvgIpc) is 3.58. The van der Waals surface area contributed by atoms with E-state index in [1.54, 1.807) is 6.20 Å². The highest BCUT2D eigenvalue weighted by molar-refractivity contribution is 5.97. The Morgan fingerprint density at radius 1 is 1.12 bits per heavy atom. The summed E-state index contributed by atoms with van der Waals surface area (Å²) in [5.41, 5.74) is 11.1. The van der Waals surface area contributed by atoms with Crippen LogP contribution < -0.4 is 21.3 Å². The Kier molecular flexibility index (Phi) is 5.83. The first-order chi connectivity index (χ1) is 16.1. The zero-order chi connectivity index (χ0) is 22.8. The van der Waals surface area contributed by atoms with E-state index in [-0.39, 0.29) is 11.8 Å². The normalized spacial score (nSPS) is 19.7. The van der Waals surface area contributed by atoms with E-state index in [1.807, 2.05) is 36.4 Å². The fourth-order valence-corrected chi connectivity index (χ4v) is 4.03. The number of hydrogen-bond donors (Lipinski definition) is 3. The van der Waals surface area contributed by atoms with E-state index in [0.717, 1.165) is 49.7 Å². The molecule has 1 amide bonds. The predicted octanol–water partition coefficient (Wildman–Crippen LogP) is 3.90. The number of ether oxygens (including phenoxy) is 1. The zero-order valence-electron chi connectivity index (χ0n) is 18.6. The smallest absolute Gasteiger partial charge is 0.227 e. The van der Waals surface area contributed by atoms with Gasteiger partial charge in [-0.15, -0.1) is 0 Å². The van der Waals surface area contributed by atoms with Gasteiger partial charge in [-0.3, -0.25) is 4.79 Å². The summed E-state index contributed by atoms with van der Waals surface area (Å²) in [6.07, 6.45) is 2.66. The van der Waals surface area contributed by atoms with Gasteiger partial charge in [-0.2, -0.15) is 0 Å². The first kappa shape index (κ1) is 21.2. The summed E-state index contributed by atoms with van der Waals surface area (Å²) >= 11 is 0. The van der Waals surface area contributed by atoms with Crippen LogP contribution in [0.15, 0.2) is 54.7 Å². The van der Waals surface area contributed by atoms with E-state index in [4.69, 9.17) is 10.5 Å². The molecule has 2 atom stereocenters. The predicted molar refractivity (Wildman–Crippen MR) is 131 cm³/mol. The number of nitrogens with two attached hydrogens (primary N) is 1. The number of rotatable bonds is 6. The third-order valence-corrected chi connectivity index (χ3v) is 6.21. The molecule has 1 saturated heterocycles. The van der Waals surface area contributed by atoms with Crippen LogP contribution in [0.3, 0.4) is 0 Å². The molecule has 2 fully saturated rings. The van der Waals surface area contributed by atoms with Crippen molar-refractivity contribution in [1.29, 1.82) is 0 Å². The van der Waals surface area contributed by atoms with Gasteiger partial charge in [0.2, 0.25) is 11.9 Å². The van der Waals surface area contributed by atoms with Crippen molar-refractivity contribution in [2.75, 3.05) is 47.6 Å². The van der Waals surface area contributed by atoms with E-state index in [9.17, 15) is 4.79 Å². The first-order valence-corrected chi connectivity index (χ1v) is 11.3. The van der Waals surface area contributed by atoms with E-state index in [2.05, 4.69) is 44.6 Å². The number of nitrogens with one attached hydrogen (secondary N) is 2. The number of nitrogen functional groups attached to an aromatic ring is 1. The first-order valence-electron chi connectivity index (χ1n) is 11.3. The van der Waals surface area contributed by atoms with Crippen LogP contribution in [0.25, 0.3) is 11.3 Å². The van der Waals surface area contributed by atoms with Crippen LogP contribution in [-0.4, -0.2) is 42.2 Å². The van der Waals surface area contributed by atoms with Gasteiger partial charge in [0.15, 0.2) is 0 Å². The Balaban J connectivity index is 1.27. The maximum atomic E-state index is 12.2. The van der Waals surface area contributed by atoms with Crippen molar-refractivity contribution < 1.29 is 9.53 Å². The van der Waals surface area contributed by atoms with Gasteiger partial charge in [-0.05, 0) is 54.8 Å². The summed E-state index contributed by atoms with van der Waals surface area (Å²) < 4.78 is 5.42. The quantitative estimate of drug-likeness (QED) is 0.495. The van der Waals surface area contributed by atoms with Crippen molar-refractivity contribution in [3.05, 3.63) is 54.7 Å². The van der Waals surface area contributed by atoms with E-state index >= 15 is 0 Å². The van der Waals surface area contributed by atoms with Gasteiger partial charge < -0.3 is 26.0 Å². The van der Waals surface area contributed by atoms with Crippen LogP contribution in [0.4, 0.5) is 28.7 Å². The van der Waals surface area contributed by atoms with Gasteiger partial charge in [0.25, 0.3) is 0 Å². The molecular formula is C25H28N6O2. The molecule has 3 aromatic rings. The Morgan fingerprint density at radius 3 is 2.58 bits per heavy atom. The van der Waals surface area contributed by atoms with Gasteiger partial charge in [0, 0.05) is 42.1 Å². The van der Waals surface area contributed by atoms with Crippen molar-refractivity contribution in [2.45, 2.75) is 13.3 Å². The molecule has 33 heavy (non-hydrogen) atoms. The third kappa shape index (κ3) is 4.90. The summed E-state index contributed by atoms with van der Waals surface area (Å²) in [5, 5.41) is 6.20. The molecule has 2 unspecified atom stereocenters. The number of anilines is 5. The van der Waals surface area contributed by atoms with Crippen LogP contribution in [0.1, 0.15) is 13.3 Å². The molecule has 8 heteroatoms. The molecule has 1 aromatic heterocycles. The molecule has 2 aromatic carbocycles. The van der Waals surface area contributed by atoms with Gasteiger partial charge in [0.05, 0.1) is 30.3 Å². The lowest BCUT2D eigenvalue weighted by Gasteiger charge is -2.28. The molecule has 1 aliphatic carbocycles. The second-order valence-electron chi connectivity index (χ2n) is 8.65. The molecule has 8 nitrogen and oxygen atoms in total. The number of aromatic nitrogens is 2. The summed E-state index contributed by atoms with van der Waals surface area (Å²) in [6.45, 7) is 5.42. The highest BCUT2D eigenvalue weighted by Crippen LogP contribution is 2.39. The molecule has 0 spiro atoms. The third-order valence-electron chi connectivity index (χ3n) is 6.21. The molecule has 4 N–H and O–H groups in total. The van der Waals surface area contributed by atoms with Crippen LogP contribution in [0.5, 0.6) is 0 Å². The number of nitrogens with zero attached hydrogens (tertiary/aromatic N) is 3. The largest absolute Gasteiger partial charge is 0.397 e. The van der Waals surface area contributed by atoms with Crippen LogP contribution in [0, 0.1) is 11.8 Å². The Bertz CT molecular complexity index is 1140. The molecule has 1 saturated carbocycles. The van der Waals surface area contributed by atoms with Crippen molar-refractivity contribution in [2.24, 2.45) is 11.8 Å². The van der Waals surface area contributed by atoms with E-state index in [0.29, 0.717) is 23.2 Å².